The molecule has 0 heterocycles. The molecule has 0 fully saturated rings. The van der Waals surface area contributed by atoms with Crippen molar-refractivity contribution in [2.75, 3.05) is 0 Å². The highest BCUT2D eigenvalue weighted by molar-refractivity contribution is 6.53. The van der Waals surface area contributed by atoms with Crippen molar-refractivity contribution in [1.82, 2.24) is 0 Å². The Morgan fingerprint density at radius 2 is 2.06 bits per heavy atom. The summed E-state index contributed by atoms with van der Waals surface area (Å²) in [6, 6.07) is 12.3. The zero-order valence-electron chi connectivity index (χ0n) is 10.9. The molecule has 0 bridgehead atoms. The van der Waals surface area contributed by atoms with Gasteiger partial charge in [-0.3, -0.25) is 0 Å². The fourth-order valence-corrected chi connectivity index (χ4v) is 3.82. The lowest BCUT2D eigenvalue weighted by Gasteiger charge is -2.26. The summed E-state index contributed by atoms with van der Waals surface area (Å²) in [4.78, 5) is 0. The molecule has 2 atom stereocenters. The topological polar surface area (TPSA) is 0 Å². The monoisotopic (exact) mass is 242 g/mol. The van der Waals surface area contributed by atoms with Crippen LogP contribution in [0.25, 0.3) is 0 Å². The normalized spacial score (nSPS) is 22.0. The SMILES string of the molecule is CC1=CCC(C(C)C[Si]c2ccccc2)CC1. The van der Waals surface area contributed by atoms with Crippen molar-refractivity contribution in [2.45, 2.75) is 39.2 Å². The van der Waals surface area contributed by atoms with E-state index in [0.29, 0.717) is 0 Å². The molecule has 1 aliphatic rings. The molecule has 0 aliphatic heterocycles. The smallest absolute Gasteiger partial charge is 0.0810 e. The third-order valence-electron chi connectivity index (χ3n) is 3.89. The summed E-state index contributed by atoms with van der Waals surface area (Å²) in [6.07, 6.45) is 6.49. The average Bonchev–Trinajstić information content (AvgIpc) is 2.38. The van der Waals surface area contributed by atoms with Crippen LogP contribution < -0.4 is 5.19 Å². The van der Waals surface area contributed by atoms with Gasteiger partial charge in [-0.25, -0.2) is 0 Å². The second-order valence-electron chi connectivity index (χ2n) is 5.31. The van der Waals surface area contributed by atoms with Crippen LogP contribution in [-0.2, 0) is 0 Å². The lowest BCUT2D eigenvalue weighted by Crippen LogP contribution is -2.21. The van der Waals surface area contributed by atoms with Crippen LogP contribution >= 0.6 is 0 Å². The van der Waals surface area contributed by atoms with Gasteiger partial charge in [0.15, 0.2) is 0 Å². The van der Waals surface area contributed by atoms with E-state index < -0.39 is 0 Å². The van der Waals surface area contributed by atoms with Crippen LogP contribution in [0.2, 0.25) is 6.04 Å². The van der Waals surface area contributed by atoms with E-state index in [1.165, 1.54) is 30.5 Å². The largest absolute Gasteiger partial charge is 0.0853 e. The molecule has 0 spiro atoms. The molecule has 0 N–H and O–H groups in total. The Bertz CT molecular complexity index is 366. The van der Waals surface area contributed by atoms with Crippen molar-refractivity contribution in [2.24, 2.45) is 11.8 Å². The predicted molar refractivity (Wildman–Crippen MR) is 76.9 cm³/mol. The van der Waals surface area contributed by atoms with E-state index >= 15 is 0 Å². The quantitative estimate of drug-likeness (QED) is 0.556. The van der Waals surface area contributed by atoms with Crippen molar-refractivity contribution in [3.05, 3.63) is 42.0 Å². The maximum absolute atomic E-state index is 2.45. The van der Waals surface area contributed by atoms with Crippen molar-refractivity contribution < 1.29 is 0 Å². The van der Waals surface area contributed by atoms with Gasteiger partial charge >= 0.3 is 0 Å². The van der Waals surface area contributed by atoms with Crippen LogP contribution in [0.1, 0.15) is 33.1 Å². The second-order valence-corrected chi connectivity index (χ2v) is 6.65. The lowest BCUT2D eigenvalue weighted by molar-refractivity contribution is 0.350. The van der Waals surface area contributed by atoms with Gasteiger partial charge in [0.1, 0.15) is 0 Å². The summed E-state index contributed by atoms with van der Waals surface area (Å²) in [7, 11) is 0.982. The fourth-order valence-electron chi connectivity index (χ4n) is 2.50. The molecule has 1 aliphatic carbocycles. The summed E-state index contributed by atoms with van der Waals surface area (Å²) >= 11 is 0. The minimum atomic E-state index is 0.873. The van der Waals surface area contributed by atoms with E-state index in [4.69, 9.17) is 0 Å². The van der Waals surface area contributed by atoms with Crippen molar-refractivity contribution in [3.8, 4) is 0 Å². The van der Waals surface area contributed by atoms with Gasteiger partial charge < -0.3 is 0 Å². The molecule has 0 saturated heterocycles. The van der Waals surface area contributed by atoms with E-state index in [9.17, 15) is 0 Å². The molecular weight excluding hydrogens is 220 g/mol. The molecule has 1 aromatic carbocycles. The number of benzene rings is 1. The first kappa shape index (κ1) is 12.6. The molecule has 0 aromatic heterocycles. The van der Waals surface area contributed by atoms with Crippen LogP contribution in [0.3, 0.4) is 0 Å². The molecule has 2 unspecified atom stereocenters. The van der Waals surface area contributed by atoms with Crippen molar-refractivity contribution in [1.29, 1.82) is 0 Å². The number of rotatable bonds is 4. The zero-order valence-corrected chi connectivity index (χ0v) is 11.9. The Labute approximate surface area is 108 Å². The molecule has 1 heteroatoms. The summed E-state index contributed by atoms with van der Waals surface area (Å²) in [5, 5.41) is 1.52. The maximum Gasteiger partial charge on any atom is 0.0810 e. The molecule has 0 nitrogen and oxygen atoms in total. The third kappa shape index (κ3) is 3.85. The first-order valence-corrected chi connectivity index (χ1v) is 7.91. The number of hydrogen-bond donors (Lipinski definition) is 0. The Morgan fingerprint density at radius 3 is 2.71 bits per heavy atom. The third-order valence-corrected chi connectivity index (χ3v) is 5.47. The molecular formula is C16H22Si. The van der Waals surface area contributed by atoms with E-state index in [2.05, 4.69) is 50.3 Å². The van der Waals surface area contributed by atoms with Crippen molar-refractivity contribution >= 4 is 14.7 Å². The van der Waals surface area contributed by atoms with Gasteiger partial charge in [-0.2, -0.15) is 0 Å². The van der Waals surface area contributed by atoms with Crippen LogP contribution in [0.15, 0.2) is 42.0 Å². The van der Waals surface area contributed by atoms with Gasteiger partial charge in [0.05, 0.1) is 9.52 Å². The van der Waals surface area contributed by atoms with E-state index in [0.717, 1.165) is 21.4 Å². The minimum Gasteiger partial charge on any atom is -0.0853 e. The highest BCUT2D eigenvalue weighted by Gasteiger charge is 2.19. The molecule has 2 radical (unpaired) electrons. The highest BCUT2D eigenvalue weighted by atomic mass is 28.2. The summed E-state index contributed by atoms with van der Waals surface area (Å²) < 4.78 is 0. The molecule has 17 heavy (non-hydrogen) atoms. The predicted octanol–water partition coefficient (Wildman–Crippen LogP) is 3.82. The maximum atomic E-state index is 2.45. The molecule has 90 valence electrons. The Hall–Kier alpha value is -0.823. The summed E-state index contributed by atoms with van der Waals surface area (Å²) in [6.45, 7) is 4.71. The molecule has 0 saturated carbocycles. The van der Waals surface area contributed by atoms with Crippen molar-refractivity contribution in [3.63, 3.8) is 0 Å². The van der Waals surface area contributed by atoms with Crippen LogP contribution in [0.5, 0.6) is 0 Å². The van der Waals surface area contributed by atoms with E-state index in [1.54, 1.807) is 5.57 Å². The van der Waals surface area contributed by atoms with E-state index in [-0.39, 0.29) is 0 Å². The van der Waals surface area contributed by atoms with Gasteiger partial charge in [0.2, 0.25) is 0 Å². The van der Waals surface area contributed by atoms with Gasteiger partial charge in [-0.1, -0.05) is 60.1 Å². The summed E-state index contributed by atoms with van der Waals surface area (Å²) in [5.74, 6) is 1.80. The average molecular weight is 242 g/mol. The number of allylic oxidation sites excluding steroid dienone is 2. The van der Waals surface area contributed by atoms with Gasteiger partial charge in [-0.05, 0) is 38.0 Å². The first-order chi connectivity index (χ1) is 8.25. The van der Waals surface area contributed by atoms with Crippen LogP contribution in [-0.4, -0.2) is 9.52 Å². The first-order valence-electron chi connectivity index (χ1n) is 6.70. The lowest BCUT2D eigenvalue weighted by atomic mass is 9.83. The minimum absolute atomic E-state index is 0.873. The second kappa shape index (κ2) is 6.20. The van der Waals surface area contributed by atoms with Gasteiger partial charge in [-0.15, -0.1) is 0 Å². The molecule has 2 rings (SSSR count). The number of hydrogen-bond acceptors (Lipinski definition) is 0. The van der Waals surface area contributed by atoms with Gasteiger partial charge in [0, 0.05) is 0 Å². The summed E-state index contributed by atoms with van der Waals surface area (Å²) in [5.41, 5.74) is 1.60. The fraction of sp³-hybridized carbons (Fsp3) is 0.500. The van der Waals surface area contributed by atoms with Gasteiger partial charge in [0.25, 0.3) is 0 Å². The standard InChI is InChI=1S/C16H22Si/c1-13-8-10-15(11-9-13)14(2)12-17-16-6-4-3-5-7-16/h3-8,14-15H,9-12H2,1-2H3. The Morgan fingerprint density at radius 1 is 1.29 bits per heavy atom. The molecule has 0 amide bonds. The Kier molecular flexibility index (Phi) is 4.61. The van der Waals surface area contributed by atoms with Crippen LogP contribution in [0.4, 0.5) is 0 Å². The zero-order chi connectivity index (χ0) is 12.1. The van der Waals surface area contributed by atoms with Crippen LogP contribution in [0, 0.1) is 11.8 Å². The Balaban J connectivity index is 1.80. The highest BCUT2D eigenvalue weighted by Crippen LogP contribution is 2.30. The molecule has 1 aromatic rings. The van der Waals surface area contributed by atoms with E-state index in [1.807, 2.05) is 0 Å².